The molecule has 0 aliphatic carbocycles. The number of aldehydes is 2. The lowest BCUT2D eigenvalue weighted by Gasteiger charge is -2.23. The van der Waals surface area contributed by atoms with Crippen molar-refractivity contribution in [3.63, 3.8) is 0 Å². The summed E-state index contributed by atoms with van der Waals surface area (Å²) < 4.78 is 0. The first-order chi connectivity index (χ1) is 11.5. The van der Waals surface area contributed by atoms with E-state index in [1.54, 1.807) is 48.5 Å². The van der Waals surface area contributed by atoms with E-state index in [-0.39, 0.29) is 18.7 Å². The Labute approximate surface area is 138 Å². The maximum atomic E-state index is 12.5. The number of carbonyl (C=O) groups excluding carboxylic acids is 4. The zero-order valence-corrected chi connectivity index (χ0v) is 12.8. The summed E-state index contributed by atoms with van der Waals surface area (Å²) in [6, 6.07) is 12.9. The first-order valence-electron chi connectivity index (χ1n) is 7.27. The van der Waals surface area contributed by atoms with Gasteiger partial charge in [0, 0.05) is 35.3 Å². The van der Waals surface area contributed by atoms with Crippen molar-refractivity contribution in [2.45, 2.75) is 12.8 Å². The third-order valence-electron chi connectivity index (χ3n) is 3.41. The SMILES string of the molecule is NC(=O)CCC(=O)N(c1ccc(C=O)cc1)c1ccc(C=O)cc1. The van der Waals surface area contributed by atoms with Gasteiger partial charge in [0.25, 0.3) is 0 Å². The van der Waals surface area contributed by atoms with Gasteiger partial charge in [0.1, 0.15) is 12.6 Å². The molecule has 0 radical (unpaired) electrons. The summed E-state index contributed by atoms with van der Waals surface area (Å²) in [4.78, 5) is 46.4. The average molecular weight is 324 g/mol. The summed E-state index contributed by atoms with van der Waals surface area (Å²) in [5, 5.41) is 0. The molecule has 0 aliphatic rings. The molecule has 0 aliphatic heterocycles. The van der Waals surface area contributed by atoms with E-state index in [1.807, 2.05) is 0 Å². The Bertz CT molecular complexity index is 700. The molecule has 2 N–H and O–H groups in total. The van der Waals surface area contributed by atoms with Crippen molar-refractivity contribution in [2.75, 3.05) is 4.90 Å². The van der Waals surface area contributed by atoms with Gasteiger partial charge < -0.3 is 5.73 Å². The number of anilines is 2. The minimum Gasteiger partial charge on any atom is -0.370 e. The number of amides is 2. The monoisotopic (exact) mass is 324 g/mol. The Hall–Kier alpha value is -3.28. The minimum atomic E-state index is -0.559. The Kier molecular flexibility index (Phi) is 5.57. The van der Waals surface area contributed by atoms with Crippen LogP contribution in [0, 0.1) is 0 Å². The second-order valence-electron chi connectivity index (χ2n) is 5.11. The molecule has 2 rings (SSSR count). The van der Waals surface area contributed by atoms with E-state index in [4.69, 9.17) is 5.73 Å². The van der Waals surface area contributed by atoms with Crippen molar-refractivity contribution < 1.29 is 19.2 Å². The fourth-order valence-electron chi connectivity index (χ4n) is 2.18. The van der Waals surface area contributed by atoms with Crippen molar-refractivity contribution in [3.05, 3.63) is 59.7 Å². The van der Waals surface area contributed by atoms with Crippen molar-refractivity contribution in [2.24, 2.45) is 5.73 Å². The average Bonchev–Trinajstić information content (AvgIpc) is 2.61. The van der Waals surface area contributed by atoms with Gasteiger partial charge in [0.05, 0.1) is 0 Å². The van der Waals surface area contributed by atoms with Gasteiger partial charge in [-0.2, -0.15) is 0 Å². The molecule has 122 valence electrons. The van der Waals surface area contributed by atoms with Crippen molar-refractivity contribution in [1.82, 2.24) is 0 Å². The first-order valence-corrected chi connectivity index (χ1v) is 7.27. The topological polar surface area (TPSA) is 97.5 Å². The number of carbonyl (C=O) groups is 4. The number of nitrogens with zero attached hydrogens (tertiary/aromatic N) is 1. The molecule has 0 unspecified atom stereocenters. The standard InChI is InChI=1S/C18H16N2O4/c19-17(23)9-10-18(24)20(15-5-1-13(11-21)2-6-15)16-7-3-14(12-22)4-8-16/h1-8,11-12H,9-10H2,(H2,19,23). The van der Waals surface area contributed by atoms with Crippen LogP contribution in [0.4, 0.5) is 11.4 Å². The molecule has 2 aromatic rings. The van der Waals surface area contributed by atoms with Crippen molar-refractivity contribution in [1.29, 1.82) is 0 Å². The summed E-state index contributed by atoms with van der Waals surface area (Å²) in [6.07, 6.45) is 1.32. The molecule has 2 amide bonds. The summed E-state index contributed by atoms with van der Waals surface area (Å²) in [5.41, 5.74) is 7.18. The lowest BCUT2D eigenvalue weighted by molar-refractivity contribution is -0.123. The molecule has 6 nitrogen and oxygen atoms in total. The lowest BCUT2D eigenvalue weighted by atomic mass is 10.1. The van der Waals surface area contributed by atoms with Gasteiger partial charge in [0.2, 0.25) is 11.8 Å². The number of primary amides is 1. The fraction of sp³-hybridized carbons (Fsp3) is 0.111. The predicted molar refractivity (Wildman–Crippen MR) is 89.2 cm³/mol. The zero-order valence-electron chi connectivity index (χ0n) is 12.8. The Balaban J connectivity index is 2.38. The molecule has 0 heterocycles. The van der Waals surface area contributed by atoms with Crippen LogP contribution in [0.3, 0.4) is 0 Å². The van der Waals surface area contributed by atoms with Gasteiger partial charge in [-0.1, -0.05) is 0 Å². The molecule has 0 spiro atoms. The third-order valence-corrected chi connectivity index (χ3v) is 3.41. The predicted octanol–water partition coefficient (Wildman–Crippen LogP) is 2.24. The van der Waals surface area contributed by atoms with Gasteiger partial charge >= 0.3 is 0 Å². The van der Waals surface area contributed by atoms with E-state index in [9.17, 15) is 19.2 Å². The molecule has 0 saturated heterocycles. The fourth-order valence-corrected chi connectivity index (χ4v) is 2.18. The smallest absolute Gasteiger partial charge is 0.232 e. The molecule has 0 bridgehead atoms. The highest BCUT2D eigenvalue weighted by molar-refractivity contribution is 6.02. The quantitative estimate of drug-likeness (QED) is 0.790. The second kappa shape index (κ2) is 7.82. The number of nitrogens with two attached hydrogens (primary N) is 1. The van der Waals surface area contributed by atoms with Crippen LogP contribution in [-0.4, -0.2) is 24.4 Å². The normalized spacial score (nSPS) is 10.0. The largest absolute Gasteiger partial charge is 0.370 e. The number of hydrogen-bond acceptors (Lipinski definition) is 4. The van der Waals surface area contributed by atoms with Gasteiger partial charge in [-0.3, -0.25) is 24.1 Å². The van der Waals surface area contributed by atoms with Crippen LogP contribution in [-0.2, 0) is 9.59 Å². The molecular formula is C18H16N2O4. The van der Waals surface area contributed by atoms with Crippen LogP contribution >= 0.6 is 0 Å². The van der Waals surface area contributed by atoms with Crippen LogP contribution in [0.1, 0.15) is 33.6 Å². The molecule has 0 saturated carbocycles. The van der Waals surface area contributed by atoms with Crippen LogP contribution in [0.15, 0.2) is 48.5 Å². The van der Waals surface area contributed by atoms with Crippen LogP contribution in [0.2, 0.25) is 0 Å². The number of rotatable bonds is 7. The highest BCUT2D eigenvalue weighted by Crippen LogP contribution is 2.27. The van der Waals surface area contributed by atoms with E-state index >= 15 is 0 Å². The molecule has 0 atom stereocenters. The van der Waals surface area contributed by atoms with Crippen LogP contribution in [0.5, 0.6) is 0 Å². The molecule has 6 heteroatoms. The van der Waals surface area contributed by atoms with E-state index in [2.05, 4.69) is 0 Å². The molecule has 2 aromatic carbocycles. The molecule has 0 fully saturated rings. The van der Waals surface area contributed by atoms with Crippen molar-refractivity contribution >= 4 is 35.8 Å². The van der Waals surface area contributed by atoms with E-state index in [0.29, 0.717) is 35.1 Å². The van der Waals surface area contributed by atoms with Gasteiger partial charge in [-0.15, -0.1) is 0 Å². The number of benzene rings is 2. The Morgan fingerprint density at radius 1 is 0.792 bits per heavy atom. The van der Waals surface area contributed by atoms with E-state index in [1.165, 1.54) is 4.90 Å². The van der Waals surface area contributed by atoms with E-state index < -0.39 is 5.91 Å². The summed E-state index contributed by atoms with van der Waals surface area (Å²) >= 11 is 0. The van der Waals surface area contributed by atoms with Gasteiger partial charge in [0.15, 0.2) is 0 Å². The zero-order chi connectivity index (χ0) is 17.5. The van der Waals surface area contributed by atoms with Gasteiger partial charge in [-0.25, -0.2) is 0 Å². The summed E-state index contributed by atoms with van der Waals surface area (Å²) in [7, 11) is 0. The second-order valence-corrected chi connectivity index (χ2v) is 5.11. The molecule has 0 aromatic heterocycles. The highest BCUT2D eigenvalue weighted by atomic mass is 16.2. The summed E-state index contributed by atoms with van der Waals surface area (Å²) in [6.45, 7) is 0. The highest BCUT2D eigenvalue weighted by Gasteiger charge is 2.18. The van der Waals surface area contributed by atoms with Crippen LogP contribution < -0.4 is 10.6 Å². The van der Waals surface area contributed by atoms with Crippen molar-refractivity contribution in [3.8, 4) is 0 Å². The number of hydrogen-bond donors (Lipinski definition) is 1. The van der Waals surface area contributed by atoms with Gasteiger partial charge in [-0.05, 0) is 48.5 Å². The van der Waals surface area contributed by atoms with E-state index in [0.717, 1.165) is 0 Å². The maximum absolute atomic E-state index is 12.5. The maximum Gasteiger partial charge on any atom is 0.232 e. The third kappa shape index (κ3) is 4.13. The van der Waals surface area contributed by atoms with Crippen LogP contribution in [0.25, 0.3) is 0 Å². The summed E-state index contributed by atoms with van der Waals surface area (Å²) in [5.74, 6) is -0.873. The Morgan fingerprint density at radius 2 is 1.21 bits per heavy atom. The lowest BCUT2D eigenvalue weighted by Crippen LogP contribution is -2.27. The first kappa shape index (κ1) is 17.1. The molecule has 24 heavy (non-hydrogen) atoms. The Morgan fingerprint density at radius 3 is 1.54 bits per heavy atom. The minimum absolute atomic E-state index is 0.0415. The molecular weight excluding hydrogens is 308 g/mol.